The maximum atomic E-state index is 13.2. The van der Waals surface area contributed by atoms with Crippen LogP contribution in [-0.2, 0) is 4.74 Å². The van der Waals surface area contributed by atoms with Crippen molar-refractivity contribution < 1.29 is 14.3 Å². The van der Waals surface area contributed by atoms with Crippen LogP contribution in [-0.4, -0.2) is 12.6 Å². The monoisotopic (exact) mass is 691 g/mol. The first-order valence-corrected chi connectivity index (χ1v) is 21.6. The maximum absolute atomic E-state index is 13.2. The molecule has 0 bridgehead atoms. The van der Waals surface area contributed by atoms with E-state index in [1.165, 1.54) is 153 Å². The summed E-state index contributed by atoms with van der Waals surface area (Å²) in [6.45, 7) is 9.71. The Bertz CT molecular complexity index is 1060. The maximum Gasteiger partial charge on any atom is 0.343 e. The zero-order chi connectivity index (χ0) is 35.9. The van der Waals surface area contributed by atoms with Crippen LogP contribution >= 0.6 is 0 Å². The van der Waals surface area contributed by atoms with E-state index in [0.29, 0.717) is 17.2 Å². The van der Waals surface area contributed by atoms with Crippen LogP contribution < -0.4 is 4.74 Å². The van der Waals surface area contributed by atoms with Gasteiger partial charge in [-0.1, -0.05) is 205 Å². The molecule has 0 N–H and O–H groups in total. The van der Waals surface area contributed by atoms with Gasteiger partial charge in [0.2, 0.25) is 0 Å². The molecule has 2 rings (SSSR count). The average molecular weight is 691 g/mol. The number of rotatable bonds is 33. The number of para-hydroxylation sites is 1. The highest BCUT2D eigenvalue weighted by atomic mass is 16.5. The second kappa shape index (κ2) is 30.5. The van der Waals surface area contributed by atoms with Crippen molar-refractivity contribution in [2.24, 2.45) is 0 Å². The van der Waals surface area contributed by atoms with Gasteiger partial charge in [0.1, 0.15) is 5.75 Å². The van der Waals surface area contributed by atoms with Crippen molar-refractivity contribution in [3.8, 4) is 5.75 Å². The molecule has 0 saturated carbocycles. The summed E-state index contributed by atoms with van der Waals surface area (Å²) in [6, 6.07) is 16.0. The number of benzene rings is 2. The van der Waals surface area contributed by atoms with Gasteiger partial charge in [-0.05, 0) is 61.4 Å². The van der Waals surface area contributed by atoms with Crippen molar-refractivity contribution in [2.45, 2.75) is 213 Å². The number of hydrogen-bond donors (Lipinski definition) is 0. The topological polar surface area (TPSA) is 35.5 Å². The molecule has 0 aliphatic rings. The minimum absolute atomic E-state index is 0.0170. The molecule has 3 nitrogen and oxygen atoms in total. The summed E-state index contributed by atoms with van der Waals surface area (Å²) in [6.07, 6.45) is 36.2. The molecule has 284 valence electrons. The molecule has 0 saturated heterocycles. The molecule has 2 aromatic rings. The second-order valence-electron chi connectivity index (χ2n) is 15.1. The largest absolute Gasteiger partial charge is 0.423 e. The van der Waals surface area contributed by atoms with Crippen LogP contribution in [0.2, 0.25) is 0 Å². The van der Waals surface area contributed by atoms with Gasteiger partial charge in [0.05, 0.1) is 11.7 Å². The molecule has 0 fully saturated rings. The number of unbranched alkanes of at least 4 members (excludes halogenated alkanes) is 22. The van der Waals surface area contributed by atoms with Gasteiger partial charge in [0.25, 0.3) is 0 Å². The summed E-state index contributed by atoms with van der Waals surface area (Å²) in [7, 11) is 0. The molecular formula is C47H78O3. The highest BCUT2D eigenvalue weighted by Gasteiger charge is 2.18. The number of esters is 1. The third-order valence-corrected chi connectivity index (χ3v) is 10.6. The Kier molecular flexibility index (Phi) is 26.9. The van der Waals surface area contributed by atoms with E-state index in [1.54, 1.807) is 0 Å². The van der Waals surface area contributed by atoms with E-state index < -0.39 is 0 Å². The van der Waals surface area contributed by atoms with Crippen LogP contribution in [0.3, 0.4) is 0 Å². The smallest absolute Gasteiger partial charge is 0.343 e. The first-order chi connectivity index (χ1) is 24.6. The predicted molar refractivity (Wildman–Crippen MR) is 217 cm³/mol. The van der Waals surface area contributed by atoms with Gasteiger partial charge in [-0.15, -0.1) is 0 Å². The molecule has 2 unspecified atom stereocenters. The lowest BCUT2D eigenvalue weighted by Gasteiger charge is -2.20. The number of carbonyl (C=O) groups excluding carboxylic acids is 1. The quantitative estimate of drug-likeness (QED) is 0.0425. The van der Waals surface area contributed by atoms with Gasteiger partial charge in [0, 0.05) is 6.61 Å². The normalized spacial score (nSPS) is 12.6. The van der Waals surface area contributed by atoms with E-state index in [1.807, 2.05) is 36.4 Å². The van der Waals surface area contributed by atoms with Crippen molar-refractivity contribution in [2.75, 3.05) is 6.61 Å². The van der Waals surface area contributed by atoms with E-state index in [-0.39, 0.29) is 12.1 Å². The SMILES string of the molecule is CCCCCCCCCCCCCCCCCCCCOC(C)c1ccc(C(=O)Oc2ccccc2C(CCC)CCCCCCCC)cc1. The molecule has 3 heteroatoms. The minimum atomic E-state index is -0.286. The van der Waals surface area contributed by atoms with Gasteiger partial charge in [-0.2, -0.15) is 0 Å². The third-order valence-electron chi connectivity index (χ3n) is 10.6. The summed E-state index contributed by atoms with van der Waals surface area (Å²) in [4.78, 5) is 13.2. The number of carbonyl (C=O) groups is 1. The lowest BCUT2D eigenvalue weighted by molar-refractivity contribution is 0.0625. The molecule has 0 amide bonds. The third kappa shape index (κ3) is 20.7. The molecule has 0 radical (unpaired) electrons. The highest BCUT2D eigenvalue weighted by Crippen LogP contribution is 2.34. The van der Waals surface area contributed by atoms with Crippen LogP contribution in [0.1, 0.15) is 235 Å². The summed E-state index contributed by atoms with van der Waals surface area (Å²) >= 11 is 0. The molecular weight excluding hydrogens is 613 g/mol. The molecule has 0 aliphatic heterocycles. The Labute approximate surface area is 310 Å². The lowest BCUT2D eigenvalue weighted by Crippen LogP contribution is -2.12. The molecule has 0 aliphatic carbocycles. The summed E-state index contributed by atoms with van der Waals surface area (Å²) < 4.78 is 12.2. The fourth-order valence-electron chi connectivity index (χ4n) is 7.29. The molecule has 0 aromatic heterocycles. The van der Waals surface area contributed by atoms with Crippen LogP contribution in [0.5, 0.6) is 5.75 Å². The van der Waals surface area contributed by atoms with Gasteiger partial charge in [-0.3, -0.25) is 0 Å². The molecule has 0 spiro atoms. The van der Waals surface area contributed by atoms with Crippen LogP contribution in [0.15, 0.2) is 48.5 Å². The van der Waals surface area contributed by atoms with E-state index >= 15 is 0 Å². The fraction of sp³-hybridized carbons (Fsp3) is 0.723. The Morgan fingerprint density at radius 3 is 1.48 bits per heavy atom. The van der Waals surface area contributed by atoms with Crippen LogP contribution in [0.25, 0.3) is 0 Å². The first kappa shape index (κ1) is 44.0. The first-order valence-electron chi connectivity index (χ1n) is 21.6. The zero-order valence-electron chi connectivity index (χ0n) is 33.3. The average Bonchev–Trinajstić information content (AvgIpc) is 3.13. The standard InChI is InChI=1S/C47H78O3/c1-5-8-10-12-14-15-16-17-18-19-20-21-22-23-24-25-27-31-40-49-41(4)42-36-38-44(39-37-42)47(48)50-46-35-30-29-34-45(46)43(32-7-3)33-28-26-13-11-9-6-2/h29-30,34-39,41,43H,5-28,31-33,40H2,1-4H3. The van der Waals surface area contributed by atoms with Crippen LogP contribution in [0.4, 0.5) is 0 Å². The Balaban J connectivity index is 1.58. The van der Waals surface area contributed by atoms with E-state index in [4.69, 9.17) is 9.47 Å². The van der Waals surface area contributed by atoms with E-state index in [9.17, 15) is 4.79 Å². The zero-order valence-corrected chi connectivity index (χ0v) is 33.3. The molecule has 2 aromatic carbocycles. The molecule has 50 heavy (non-hydrogen) atoms. The van der Waals surface area contributed by atoms with E-state index in [0.717, 1.165) is 37.9 Å². The van der Waals surface area contributed by atoms with Crippen molar-refractivity contribution in [1.82, 2.24) is 0 Å². The second-order valence-corrected chi connectivity index (χ2v) is 15.1. The van der Waals surface area contributed by atoms with Crippen LogP contribution in [0, 0.1) is 0 Å². The van der Waals surface area contributed by atoms with Gasteiger partial charge >= 0.3 is 5.97 Å². The Morgan fingerprint density at radius 2 is 0.980 bits per heavy atom. The lowest BCUT2D eigenvalue weighted by atomic mass is 9.88. The summed E-state index contributed by atoms with van der Waals surface area (Å²) in [5.41, 5.74) is 2.86. The number of ether oxygens (including phenoxy) is 2. The Hall–Kier alpha value is -2.13. The fourth-order valence-corrected chi connectivity index (χ4v) is 7.29. The van der Waals surface area contributed by atoms with Gasteiger partial charge in [-0.25, -0.2) is 4.79 Å². The predicted octanol–water partition coefficient (Wildman–Crippen LogP) is 15.7. The van der Waals surface area contributed by atoms with E-state index in [2.05, 4.69) is 39.8 Å². The van der Waals surface area contributed by atoms with Crippen molar-refractivity contribution in [1.29, 1.82) is 0 Å². The molecule has 0 heterocycles. The van der Waals surface area contributed by atoms with Crippen molar-refractivity contribution in [3.63, 3.8) is 0 Å². The minimum Gasteiger partial charge on any atom is -0.423 e. The highest BCUT2D eigenvalue weighted by molar-refractivity contribution is 5.91. The molecule has 2 atom stereocenters. The van der Waals surface area contributed by atoms with Gasteiger partial charge < -0.3 is 9.47 Å². The number of hydrogen-bond acceptors (Lipinski definition) is 3. The Morgan fingerprint density at radius 1 is 0.520 bits per heavy atom. The van der Waals surface area contributed by atoms with Gasteiger partial charge in [0.15, 0.2) is 0 Å². The van der Waals surface area contributed by atoms with Crippen molar-refractivity contribution in [3.05, 3.63) is 65.2 Å². The summed E-state index contributed by atoms with van der Waals surface area (Å²) in [5.74, 6) is 0.859. The van der Waals surface area contributed by atoms with Crippen molar-refractivity contribution >= 4 is 5.97 Å². The summed E-state index contributed by atoms with van der Waals surface area (Å²) in [5, 5.41) is 0.